The number of benzene rings is 1. The van der Waals surface area contributed by atoms with Crippen molar-refractivity contribution in [1.82, 2.24) is 0 Å². The summed E-state index contributed by atoms with van der Waals surface area (Å²) >= 11 is 0. The Hall–Kier alpha value is -1.34. The van der Waals surface area contributed by atoms with Crippen LogP contribution in [-0.4, -0.2) is 11.7 Å². The SMILES string of the molecule is OCC[C@]1(c2ccccc2)C=CC=CC1. The second kappa shape index (κ2) is 4.45. The molecular formula is C14H16O. The van der Waals surface area contributed by atoms with Gasteiger partial charge in [0, 0.05) is 12.0 Å². The molecule has 15 heavy (non-hydrogen) atoms. The van der Waals surface area contributed by atoms with E-state index in [-0.39, 0.29) is 12.0 Å². The Kier molecular flexibility index (Phi) is 3.02. The third-order valence-electron chi connectivity index (χ3n) is 3.05. The van der Waals surface area contributed by atoms with Crippen molar-refractivity contribution in [2.75, 3.05) is 6.61 Å². The van der Waals surface area contributed by atoms with Gasteiger partial charge in [-0.05, 0) is 18.4 Å². The normalized spacial score (nSPS) is 24.3. The monoisotopic (exact) mass is 200 g/mol. The van der Waals surface area contributed by atoms with Gasteiger partial charge in [0.05, 0.1) is 0 Å². The van der Waals surface area contributed by atoms with Crippen molar-refractivity contribution in [2.45, 2.75) is 18.3 Å². The molecule has 1 aliphatic rings. The molecule has 0 fully saturated rings. The molecule has 1 heteroatoms. The molecule has 0 heterocycles. The Morgan fingerprint density at radius 3 is 2.53 bits per heavy atom. The maximum Gasteiger partial charge on any atom is 0.0442 e. The number of allylic oxidation sites excluding steroid dienone is 4. The first-order valence-corrected chi connectivity index (χ1v) is 5.38. The van der Waals surface area contributed by atoms with E-state index in [4.69, 9.17) is 0 Å². The van der Waals surface area contributed by atoms with E-state index in [0.29, 0.717) is 0 Å². The number of hydrogen-bond acceptors (Lipinski definition) is 1. The molecule has 0 bridgehead atoms. The quantitative estimate of drug-likeness (QED) is 0.795. The van der Waals surface area contributed by atoms with Gasteiger partial charge in [0.1, 0.15) is 0 Å². The highest BCUT2D eigenvalue weighted by Crippen LogP contribution is 2.35. The number of aliphatic hydroxyl groups excluding tert-OH is 1. The third-order valence-corrected chi connectivity index (χ3v) is 3.05. The molecule has 78 valence electrons. The predicted molar refractivity (Wildman–Crippen MR) is 62.7 cm³/mol. The van der Waals surface area contributed by atoms with Gasteiger partial charge in [0.25, 0.3) is 0 Å². The minimum absolute atomic E-state index is 0.00472. The van der Waals surface area contributed by atoms with Crippen LogP contribution in [-0.2, 0) is 5.41 Å². The number of hydrogen-bond donors (Lipinski definition) is 1. The summed E-state index contributed by atoms with van der Waals surface area (Å²) in [6.45, 7) is 0.229. The zero-order valence-corrected chi connectivity index (χ0v) is 8.76. The van der Waals surface area contributed by atoms with Gasteiger partial charge in [0.15, 0.2) is 0 Å². The van der Waals surface area contributed by atoms with Crippen molar-refractivity contribution in [1.29, 1.82) is 0 Å². The summed E-state index contributed by atoms with van der Waals surface area (Å²) in [4.78, 5) is 0. The zero-order chi connectivity index (χ0) is 10.6. The van der Waals surface area contributed by atoms with Crippen LogP contribution in [0.2, 0.25) is 0 Å². The molecule has 0 radical (unpaired) electrons. The number of aliphatic hydroxyl groups is 1. The first-order valence-electron chi connectivity index (χ1n) is 5.38. The maximum atomic E-state index is 9.19. The van der Waals surface area contributed by atoms with Crippen LogP contribution in [0.15, 0.2) is 54.6 Å². The van der Waals surface area contributed by atoms with Gasteiger partial charge in [0.2, 0.25) is 0 Å². The van der Waals surface area contributed by atoms with E-state index in [9.17, 15) is 5.11 Å². The van der Waals surface area contributed by atoms with E-state index in [2.05, 4.69) is 48.6 Å². The predicted octanol–water partition coefficient (Wildman–Crippen LogP) is 2.82. The number of rotatable bonds is 3. The first kappa shape index (κ1) is 10.2. The average molecular weight is 200 g/mol. The highest BCUT2D eigenvalue weighted by atomic mass is 16.3. The Bertz CT molecular complexity index is 364. The molecule has 0 unspecified atom stereocenters. The van der Waals surface area contributed by atoms with Gasteiger partial charge in [-0.25, -0.2) is 0 Å². The Balaban J connectivity index is 2.35. The molecule has 1 N–H and O–H groups in total. The summed E-state index contributed by atoms with van der Waals surface area (Å²) in [7, 11) is 0. The van der Waals surface area contributed by atoms with E-state index in [1.165, 1.54) is 5.56 Å². The lowest BCUT2D eigenvalue weighted by atomic mass is 9.73. The molecule has 0 saturated carbocycles. The first-order chi connectivity index (χ1) is 7.37. The van der Waals surface area contributed by atoms with E-state index in [1.807, 2.05) is 6.07 Å². The van der Waals surface area contributed by atoms with Crippen molar-refractivity contribution in [3.63, 3.8) is 0 Å². The summed E-state index contributed by atoms with van der Waals surface area (Å²) in [5, 5.41) is 9.19. The third kappa shape index (κ3) is 2.02. The lowest BCUT2D eigenvalue weighted by molar-refractivity contribution is 0.255. The molecule has 1 nitrogen and oxygen atoms in total. The summed E-state index contributed by atoms with van der Waals surface area (Å²) in [6, 6.07) is 10.4. The summed E-state index contributed by atoms with van der Waals surface area (Å²) in [5.74, 6) is 0. The fraction of sp³-hybridized carbons (Fsp3) is 0.286. The minimum atomic E-state index is 0.00472. The fourth-order valence-electron chi connectivity index (χ4n) is 2.18. The van der Waals surface area contributed by atoms with E-state index >= 15 is 0 Å². The molecule has 0 aliphatic heterocycles. The van der Waals surface area contributed by atoms with Crippen molar-refractivity contribution < 1.29 is 5.11 Å². The van der Waals surface area contributed by atoms with Crippen molar-refractivity contribution in [3.8, 4) is 0 Å². The van der Waals surface area contributed by atoms with E-state index in [1.54, 1.807) is 0 Å². The lowest BCUT2D eigenvalue weighted by Crippen LogP contribution is -2.25. The molecule has 1 atom stereocenters. The van der Waals surface area contributed by atoms with Gasteiger partial charge < -0.3 is 5.11 Å². The van der Waals surface area contributed by atoms with Crippen LogP contribution >= 0.6 is 0 Å². The van der Waals surface area contributed by atoms with Gasteiger partial charge in [-0.2, -0.15) is 0 Å². The van der Waals surface area contributed by atoms with Crippen LogP contribution in [0.1, 0.15) is 18.4 Å². The summed E-state index contributed by atoms with van der Waals surface area (Å²) in [5.41, 5.74) is 1.30. The summed E-state index contributed by atoms with van der Waals surface area (Å²) < 4.78 is 0. The molecule has 1 aromatic rings. The second-order valence-corrected chi connectivity index (χ2v) is 3.99. The Labute approximate surface area is 90.8 Å². The molecule has 0 aromatic heterocycles. The van der Waals surface area contributed by atoms with Crippen molar-refractivity contribution in [3.05, 3.63) is 60.2 Å². The van der Waals surface area contributed by atoms with Crippen LogP contribution in [0.3, 0.4) is 0 Å². The Morgan fingerprint density at radius 1 is 1.13 bits per heavy atom. The van der Waals surface area contributed by atoms with Crippen molar-refractivity contribution in [2.24, 2.45) is 0 Å². The summed E-state index contributed by atoms with van der Waals surface area (Å²) in [6.07, 6.45) is 10.3. The van der Waals surface area contributed by atoms with E-state index in [0.717, 1.165) is 12.8 Å². The highest BCUT2D eigenvalue weighted by molar-refractivity contribution is 5.35. The molecule has 0 spiro atoms. The van der Waals surface area contributed by atoms with Gasteiger partial charge in [-0.3, -0.25) is 0 Å². The average Bonchev–Trinajstić information content (AvgIpc) is 2.32. The topological polar surface area (TPSA) is 20.2 Å². The fourth-order valence-corrected chi connectivity index (χ4v) is 2.18. The molecule has 2 rings (SSSR count). The maximum absolute atomic E-state index is 9.19. The minimum Gasteiger partial charge on any atom is -0.396 e. The van der Waals surface area contributed by atoms with Crippen molar-refractivity contribution >= 4 is 0 Å². The van der Waals surface area contributed by atoms with Gasteiger partial charge in [-0.15, -0.1) is 0 Å². The molecule has 0 amide bonds. The Morgan fingerprint density at radius 2 is 1.93 bits per heavy atom. The van der Waals surface area contributed by atoms with E-state index < -0.39 is 0 Å². The van der Waals surface area contributed by atoms with Gasteiger partial charge >= 0.3 is 0 Å². The standard InChI is InChI=1S/C14H16O/c15-12-11-14(9-5-2-6-10-14)13-7-3-1-4-8-13/h1-9,15H,10-12H2/t14-/m0/s1. The molecule has 0 saturated heterocycles. The van der Waals surface area contributed by atoms with Crippen LogP contribution in [0.5, 0.6) is 0 Å². The van der Waals surface area contributed by atoms with Crippen LogP contribution in [0, 0.1) is 0 Å². The van der Waals surface area contributed by atoms with Gasteiger partial charge in [-0.1, -0.05) is 54.6 Å². The van der Waals surface area contributed by atoms with Crippen LogP contribution < -0.4 is 0 Å². The van der Waals surface area contributed by atoms with Crippen LogP contribution in [0.4, 0.5) is 0 Å². The second-order valence-electron chi connectivity index (χ2n) is 3.99. The highest BCUT2D eigenvalue weighted by Gasteiger charge is 2.28. The molecular weight excluding hydrogens is 184 g/mol. The molecule has 1 aliphatic carbocycles. The smallest absolute Gasteiger partial charge is 0.0442 e. The largest absolute Gasteiger partial charge is 0.396 e. The zero-order valence-electron chi connectivity index (χ0n) is 8.76. The van der Waals surface area contributed by atoms with Crippen LogP contribution in [0.25, 0.3) is 0 Å². The molecule has 1 aromatic carbocycles. The lowest BCUT2D eigenvalue weighted by Gasteiger charge is -2.31.